The highest BCUT2D eigenvalue weighted by molar-refractivity contribution is 9.10. The summed E-state index contributed by atoms with van der Waals surface area (Å²) in [6, 6.07) is 11.6. The van der Waals surface area contributed by atoms with Crippen molar-refractivity contribution in [2.45, 2.75) is 6.92 Å². The van der Waals surface area contributed by atoms with Gasteiger partial charge in [-0.3, -0.25) is 0 Å². The molecule has 2 rings (SSSR count). The van der Waals surface area contributed by atoms with Crippen molar-refractivity contribution in [1.29, 1.82) is 5.26 Å². The van der Waals surface area contributed by atoms with E-state index in [-0.39, 0.29) is 0 Å². The number of anilines is 2. The van der Waals surface area contributed by atoms with Crippen LogP contribution in [0.25, 0.3) is 0 Å². The Hall–Kier alpha value is -1.86. The van der Waals surface area contributed by atoms with Crippen LogP contribution in [0.1, 0.15) is 11.3 Å². The number of pyridine rings is 1. The average Bonchev–Trinajstić information content (AvgIpc) is 2.33. The van der Waals surface area contributed by atoms with E-state index < -0.39 is 0 Å². The number of nitriles is 1. The SMILES string of the molecule is Cc1cc(Br)ccc1Nc1cccnc1C#N. The van der Waals surface area contributed by atoms with Crippen LogP contribution in [0.2, 0.25) is 0 Å². The van der Waals surface area contributed by atoms with Crippen LogP contribution in [0.3, 0.4) is 0 Å². The molecule has 0 unspecified atom stereocenters. The van der Waals surface area contributed by atoms with Gasteiger partial charge in [-0.15, -0.1) is 0 Å². The summed E-state index contributed by atoms with van der Waals surface area (Å²) in [5.41, 5.74) is 3.19. The smallest absolute Gasteiger partial charge is 0.163 e. The van der Waals surface area contributed by atoms with Crippen molar-refractivity contribution in [2.24, 2.45) is 0 Å². The first-order valence-electron chi connectivity index (χ1n) is 5.09. The number of nitrogens with one attached hydrogen (secondary N) is 1. The fraction of sp³-hybridized carbons (Fsp3) is 0.0769. The molecule has 0 aliphatic carbocycles. The molecule has 17 heavy (non-hydrogen) atoms. The van der Waals surface area contributed by atoms with Crippen LogP contribution in [0.4, 0.5) is 11.4 Å². The second kappa shape index (κ2) is 4.98. The van der Waals surface area contributed by atoms with E-state index in [9.17, 15) is 0 Å². The lowest BCUT2D eigenvalue weighted by atomic mass is 10.2. The molecule has 0 aliphatic heterocycles. The minimum atomic E-state index is 0.398. The lowest BCUT2D eigenvalue weighted by Gasteiger charge is -2.10. The summed E-state index contributed by atoms with van der Waals surface area (Å²) >= 11 is 3.42. The summed E-state index contributed by atoms with van der Waals surface area (Å²) in [7, 11) is 0. The first-order chi connectivity index (χ1) is 8.20. The Bertz CT molecular complexity index is 587. The van der Waals surface area contributed by atoms with E-state index in [0.717, 1.165) is 21.4 Å². The molecule has 1 aromatic carbocycles. The number of aryl methyl sites for hydroxylation is 1. The highest BCUT2D eigenvalue weighted by Crippen LogP contribution is 2.24. The summed E-state index contributed by atoms with van der Waals surface area (Å²) in [4.78, 5) is 4.01. The van der Waals surface area contributed by atoms with Crippen molar-refractivity contribution in [3.63, 3.8) is 0 Å². The molecule has 1 heterocycles. The van der Waals surface area contributed by atoms with E-state index in [1.807, 2.05) is 31.2 Å². The van der Waals surface area contributed by atoms with Crippen molar-refractivity contribution in [3.8, 4) is 6.07 Å². The van der Waals surface area contributed by atoms with Crippen LogP contribution in [-0.2, 0) is 0 Å². The van der Waals surface area contributed by atoms with Gasteiger partial charge in [0.05, 0.1) is 5.69 Å². The maximum absolute atomic E-state index is 8.95. The number of nitrogens with zero attached hydrogens (tertiary/aromatic N) is 2. The largest absolute Gasteiger partial charge is 0.353 e. The van der Waals surface area contributed by atoms with Gasteiger partial charge >= 0.3 is 0 Å². The molecule has 0 saturated heterocycles. The van der Waals surface area contributed by atoms with Crippen molar-refractivity contribution < 1.29 is 0 Å². The van der Waals surface area contributed by atoms with Gasteiger partial charge in [0.25, 0.3) is 0 Å². The summed E-state index contributed by atoms with van der Waals surface area (Å²) in [5.74, 6) is 0. The normalized spacial score (nSPS) is 9.71. The molecule has 0 bridgehead atoms. The number of rotatable bonds is 2. The highest BCUT2D eigenvalue weighted by Gasteiger charge is 2.04. The van der Waals surface area contributed by atoms with Gasteiger partial charge in [0, 0.05) is 16.4 Å². The second-order valence-corrected chi connectivity index (χ2v) is 4.51. The zero-order valence-corrected chi connectivity index (χ0v) is 10.8. The fourth-order valence-corrected chi connectivity index (χ4v) is 1.98. The summed E-state index contributed by atoms with van der Waals surface area (Å²) in [6.45, 7) is 2.01. The van der Waals surface area contributed by atoms with E-state index >= 15 is 0 Å². The van der Waals surface area contributed by atoms with Gasteiger partial charge < -0.3 is 5.32 Å². The van der Waals surface area contributed by atoms with Crippen LogP contribution in [-0.4, -0.2) is 4.98 Å². The van der Waals surface area contributed by atoms with Crippen molar-refractivity contribution >= 4 is 27.3 Å². The summed E-state index contributed by atoms with van der Waals surface area (Å²) < 4.78 is 1.03. The molecule has 0 aliphatic rings. The molecule has 0 spiro atoms. The van der Waals surface area contributed by atoms with E-state index in [4.69, 9.17) is 5.26 Å². The Morgan fingerprint density at radius 3 is 2.82 bits per heavy atom. The van der Waals surface area contributed by atoms with Crippen LogP contribution in [0, 0.1) is 18.3 Å². The maximum Gasteiger partial charge on any atom is 0.163 e. The van der Waals surface area contributed by atoms with E-state index in [0.29, 0.717) is 5.69 Å². The van der Waals surface area contributed by atoms with Crippen molar-refractivity contribution in [3.05, 3.63) is 52.3 Å². The van der Waals surface area contributed by atoms with E-state index in [1.165, 1.54) is 0 Å². The van der Waals surface area contributed by atoms with Gasteiger partial charge in [-0.05, 0) is 42.8 Å². The third-order valence-electron chi connectivity index (χ3n) is 2.37. The number of aromatic nitrogens is 1. The highest BCUT2D eigenvalue weighted by atomic mass is 79.9. The van der Waals surface area contributed by atoms with Gasteiger partial charge in [-0.1, -0.05) is 15.9 Å². The molecule has 0 amide bonds. The number of hydrogen-bond donors (Lipinski definition) is 1. The Kier molecular flexibility index (Phi) is 3.40. The molecular weight excluding hydrogens is 278 g/mol. The molecule has 0 atom stereocenters. The first-order valence-corrected chi connectivity index (χ1v) is 5.88. The number of hydrogen-bond acceptors (Lipinski definition) is 3. The van der Waals surface area contributed by atoms with Gasteiger partial charge in [-0.2, -0.15) is 5.26 Å². The average molecular weight is 288 g/mol. The van der Waals surface area contributed by atoms with Crippen LogP contribution >= 0.6 is 15.9 Å². The number of halogens is 1. The minimum absolute atomic E-state index is 0.398. The van der Waals surface area contributed by atoms with Gasteiger partial charge in [0.2, 0.25) is 0 Å². The second-order valence-electron chi connectivity index (χ2n) is 3.60. The Morgan fingerprint density at radius 1 is 1.29 bits per heavy atom. The van der Waals surface area contributed by atoms with Crippen LogP contribution in [0.15, 0.2) is 41.0 Å². The Morgan fingerprint density at radius 2 is 2.12 bits per heavy atom. The summed E-state index contributed by atoms with van der Waals surface area (Å²) in [5, 5.41) is 12.2. The Balaban J connectivity index is 2.35. The molecule has 3 nitrogen and oxygen atoms in total. The van der Waals surface area contributed by atoms with Gasteiger partial charge in [0.15, 0.2) is 5.69 Å². The third kappa shape index (κ3) is 2.63. The molecular formula is C13H10BrN3. The van der Waals surface area contributed by atoms with Crippen LogP contribution in [0.5, 0.6) is 0 Å². The fourth-order valence-electron chi connectivity index (χ4n) is 1.51. The van der Waals surface area contributed by atoms with E-state index in [1.54, 1.807) is 12.3 Å². The molecule has 2 aromatic rings. The summed E-state index contributed by atoms with van der Waals surface area (Å²) in [6.07, 6.45) is 1.61. The van der Waals surface area contributed by atoms with E-state index in [2.05, 4.69) is 32.3 Å². The third-order valence-corrected chi connectivity index (χ3v) is 2.86. The molecule has 0 saturated carbocycles. The molecule has 0 radical (unpaired) electrons. The monoisotopic (exact) mass is 287 g/mol. The lowest BCUT2D eigenvalue weighted by Crippen LogP contribution is -1.97. The van der Waals surface area contributed by atoms with Gasteiger partial charge in [-0.25, -0.2) is 4.98 Å². The zero-order valence-electron chi connectivity index (χ0n) is 9.24. The molecule has 1 aromatic heterocycles. The lowest BCUT2D eigenvalue weighted by molar-refractivity contribution is 1.26. The van der Waals surface area contributed by atoms with Crippen molar-refractivity contribution in [1.82, 2.24) is 4.98 Å². The molecule has 0 fully saturated rings. The maximum atomic E-state index is 8.95. The Labute approximate surface area is 108 Å². The number of benzene rings is 1. The minimum Gasteiger partial charge on any atom is -0.353 e. The quantitative estimate of drug-likeness (QED) is 0.915. The molecule has 4 heteroatoms. The zero-order chi connectivity index (χ0) is 12.3. The van der Waals surface area contributed by atoms with Gasteiger partial charge in [0.1, 0.15) is 6.07 Å². The topological polar surface area (TPSA) is 48.7 Å². The molecule has 84 valence electrons. The van der Waals surface area contributed by atoms with Crippen molar-refractivity contribution in [2.75, 3.05) is 5.32 Å². The predicted octanol–water partition coefficient (Wildman–Crippen LogP) is 3.77. The predicted molar refractivity (Wildman–Crippen MR) is 71.1 cm³/mol. The first kappa shape index (κ1) is 11.6. The standard InChI is InChI=1S/C13H10BrN3/c1-9-7-10(14)4-5-11(9)17-12-3-2-6-16-13(12)8-15/h2-7,17H,1H3. The van der Waals surface area contributed by atoms with Crippen LogP contribution < -0.4 is 5.32 Å². The molecule has 1 N–H and O–H groups in total.